The van der Waals surface area contributed by atoms with Crippen molar-refractivity contribution in [3.63, 3.8) is 0 Å². The van der Waals surface area contributed by atoms with E-state index in [2.05, 4.69) is 5.32 Å². The highest BCUT2D eigenvalue weighted by Gasteiger charge is 2.11. The lowest BCUT2D eigenvalue weighted by Gasteiger charge is -2.16. The summed E-state index contributed by atoms with van der Waals surface area (Å²) in [7, 11) is 3.19. The van der Waals surface area contributed by atoms with E-state index in [1.807, 2.05) is 25.1 Å². The van der Waals surface area contributed by atoms with Gasteiger partial charge in [-0.05, 0) is 24.1 Å². The van der Waals surface area contributed by atoms with E-state index in [-0.39, 0.29) is 6.04 Å². The zero-order valence-electron chi connectivity index (χ0n) is 9.82. The number of amides is 1. The summed E-state index contributed by atoms with van der Waals surface area (Å²) in [5, 5.41) is 2.76. The minimum absolute atomic E-state index is 0.0114. The summed E-state index contributed by atoms with van der Waals surface area (Å²) in [5.41, 5.74) is 1.01. The molecule has 88 valence electrons. The molecule has 0 aliphatic carbocycles. The van der Waals surface area contributed by atoms with E-state index in [1.165, 1.54) is 0 Å². The van der Waals surface area contributed by atoms with Crippen LogP contribution in [0.4, 0.5) is 0 Å². The molecule has 0 spiro atoms. The second-order valence-corrected chi connectivity index (χ2v) is 3.36. The second-order valence-electron chi connectivity index (χ2n) is 3.36. The van der Waals surface area contributed by atoms with Crippen molar-refractivity contribution in [2.45, 2.75) is 19.4 Å². The molecule has 0 saturated carbocycles. The van der Waals surface area contributed by atoms with Gasteiger partial charge in [-0.15, -0.1) is 0 Å². The molecule has 1 amide bonds. The lowest BCUT2D eigenvalue weighted by Crippen LogP contribution is -2.18. The molecular formula is C12H17NO3. The molecule has 16 heavy (non-hydrogen) atoms. The first-order valence-electron chi connectivity index (χ1n) is 5.18. The highest BCUT2D eigenvalue weighted by atomic mass is 16.5. The highest BCUT2D eigenvalue weighted by molar-refractivity contribution is 5.49. The summed E-state index contributed by atoms with van der Waals surface area (Å²) in [4.78, 5) is 10.5. The Kier molecular flexibility index (Phi) is 4.64. The zero-order chi connectivity index (χ0) is 12.0. The van der Waals surface area contributed by atoms with Crippen LogP contribution in [0, 0.1) is 0 Å². The minimum Gasteiger partial charge on any atom is -0.493 e. The van der Waals surface area contributed by atoms with Crippen molar-refractivity contribution >= 4 is 6.41 Å². The molecule has 0 fully saturated rings. The smallest absolute Gasteiger partial charge is 0.207 e. The van der Waals surface area contributed by atoms with Gasteiger partial charge in [-0.1, -0.05) is 13.0 Å². The van der Waals surface area contributed by atoms with Gasteiger partial charge in [-0.2, -0.15) is 0 Å². The first kappa shape index (κ1) is 12.4. The monoisotopic (exact) mass is 223 g/mol. The van der Waals surface area contributed by atoms with Crippen molar-refractivity contribution in [3.8, 4) is 11.5 Å². The quantitative estimate of drug-likeness (QED) is 0.749. The van der Waals surface area contributed by atoms with Crippen LogP contribution in [0.15, 0.2) is 18.2 Å². The number of carbonyl (C=O) groups excluding carboxylic acids is 1. The first-order valence-corrected chi connectivity index (χ1v) is 5.18. The van der Waals surface area contributed by atoms with Gasteiger partial charge in [0.25, 0.3) is 0 Å². The van der Waals surface area contributed by atoms with Gasteiger partial charge < -0.3 is 14.8 Å². The normalized spacial score (nSPS) is 11.7. The molecular weight excluding hydrogens is 206 g/mol. The average Bonchev–Trinajstić information content (AvgIpc) is 2.35. The fourth-order valence-electron chi connectivity index (χ4n) is 1.60. The number of methoxy groups -OCH3 is 2. The molecule has 1 unspecified atom stereocenters. The molecule has 1 rings (SSSR count). The molecule has 1 aromatic rings. The van der Waals surface area contributed by atoms with Gasteiger partial charge in [0, 0.05) is 0 Å². The van der Waals surface area contributed by atoms with Crippen molar-refractivity contribution < 1.29 is 14.3 Å². The van der Waals surface area contributed by atoms with Crippen LogP contribution in [0.25, 0.3) is 0 Å². The summed E-state index contributed by atoms with van der Waals surface area (Å²) < 4.78 is 10.4. The third-order valence-corrected chi connectivity index (χ3v) is 2.49. The fourth-order valence-corrected chi connectivity index (χ4v) is 1.60. The summed E-state index contributed by atoms with van der Waals surface area (Å²) in [6.07, 6.45) is 1.54. The van der Waals surface area contributed by atoms with Crippen LogP contribution < -0.4 is 14.8 Å². The predicted octanol–water partition coefficient (Wildman–Crippen LogP) is 1.90. The van der Waals surface area contributed by atoms with Gasteiger partial charge in [-0.25, -0.2) is 0 Å². The lowest BCUT2D eigenvalue weighted by atomic mass is 10.0. The topological polar surface area (TPSA) is 47.6 Å². The number of hydrogen-bond acceptors (Lipinski definition) is 3. The molecule has 0 aromatic heterocycles. The van der Waals surface area contributed by atoms with Crippen LogP contribution >= 0.6 is 0 Å². The highest BCUT2D eigenvalue weighted by Crippen LogP contribution is 2.30. The fraction of sp³-hybridized carbons (Fsp3) is 0.417. The molecule has 0 radical (unpaired) electrons. The predicted molar refractivity (Wildman–Crippen MR) is 61.8 cm³/mol. The molecule has 4 nitrogen and oxygen atoms in total. The Morgan fingerprint density at radius 3 is 2.50 bits per heavy atom. The Balaban J connectivity index is 3.00. The standard InChI is InChI=1S/C12H17NO3/c1-4-10(13-8-14)9-5-6-11(15-2)12(7-9)16-3/h5-8,10H,4H2,1-3H3,(H,13,14). The molecule has 0 heterocycles. The van der Waals surface area contributed by atoms with E-state index >= 15 is 0 Å². The molecule has 0 saturated heterocycles. The SMILES string of the molecule is CCC(NC=O)c1ccc(OC)c(OC)c1. The van der Waals surface area contributed by atoms with E-state index in [0.717, 1.165) is 12.0 Å². The second kappa shape index (κ2) is 6.00. The maximum absolute atomic E-state index is 10.5. The van der Waals surface area contributed by atoms with Crippen LogP contribution in [0.5, 0.6) is 11.5 Å². The Hall–Kier alpha value is -1.71. The lowest BCUT2D eigenvalue weighted by molar-refractivity contribution is -0.110. The van der Waals surface area contributed by atoms with Crippen molar-refractivity contribution in [1.29, 1.82) is 0 Å². The summed E-state index contributed by atoms with van der Waals surface area (Å²) in [5.74, 6) is 1.36. The Bertz CT molecular complexity index is 352. The van der Waals surface area contributed by atoms with Crippen LogP contribution in [0.3, 0.4) is 0 Å². The van der Waals surface area contributed by atoms with E-state index in [1.54, 1.807) is 14.2 Å². The van der Waals surface area contributed by atoms with Crippen molar-refractivity contribution in [2.24, 2.45) is 0 Å². The number of rotatable bonds is 6. The van der Waals surface area contributed by atoms with Gasteiger partial charge in [0.1, 0.15) is 0 Å². The molecule has 1 N–H and O–H groups in total. The summed E-state index contributed by atoms with van der Waals surface area (Å²) in [6, 6.07) is 5.65. The number of hydrogen-bond donors (Lipinski definition) is 1. The van der Waals surface area contributed by atoms with Gasteiger partial charge in [0.05, 0.1) is 20.3 Å². The van der Waals surface area contributed by atoms with Gasteiger partial charge in [0.15, 0.2) is 11.5 Å². The Morgan fingerprint density at radius 1 is 1.31 bits per heavy atom. The number of nitrogens with one attached hydrogen (secondary N) is 1. The van der Waals surface area contributed by atoms with Gasteiger partial charge in [-0.3, -0.25) is 4.79 Å². The molecule has 0 aliphatic heterocycles. The van der Waals surface area contributed by atoms with E-state index in [0.29, 0.717) is 17.9 Å². The third-order valence-electron chi connectivity index (χ3n) is 2.49. The van der Waals surface area contributed by atoms with E-state index in [9.17, 15) is 4.79 Å². The van der Waals surface area contributed by atoms with E-state index in [4.69, 9.17) is 9.47 Å². The van der Waals surface area contributed by atoms with Gasteiger partial charge >= 0.3 is 0 Å². The van der Waals surface area contributed by atoms with Gasteiger partial charge in [0.2, 0.25) is 6.41 Å². The van der Waals surface area contributed by atoms with Crippen LogP contribution in [-0.2, 0) is 4.79 Å². The maximum atomic E-state index is 10.5. The molecule has 0 bridgehead atoms. The molecule has 0 aliphatic rings. The maximum Gasteiger partial charge on any atom is 0.207 e. The number of benzene rings is 1. The summed E-state index contributed by atoms with van der Waals surface area (Å²) in [6.45, 7) is 2.01. The minimum atomic E-state index is 0.0114. The molecule has 1 aromatic carbocycles. The largest absolute Gasteiger partial charge is 0.493 e. The van der Waals surface area contributed by atoms with Crippen LogP contribution in [0.2, 0.25) is 0 Å². The molecule has 1 atom stereocenters. The zero-order valence-corrected chi connectivity index (χ0v) is 9.82. The average molecular weight is 223 g/mol. The van der Waals surface area contributed by atoms with E-state index < -0.39 is 0 Å². The van der Waals surface area contributed by atoms with Crippen LogP contribution in [0.1, 0.15) is 24.9 Å². The third kappa shape index (κ3) is 2.66. The van der Waals surface area contributed by atoms with Crippen molar-refractivity contribution in [1.82, 2.24) is 5.32 Å². The van der Waals surface area contributed by atoms with Crippen molar-refractivity contribution in [2.75, 3.05) is 14.2 Å². The molecule has 4 heteroatoms. The number of carbonyl (C=O) groups is 1. The first-order chi connectivity index (χ1) is 7.76. The Morgan fingerprint density at radius 2 is 2.00 bits per heavy atom. The van der Waals surface area contributed by atoms with Crippen LogP contribution in [-0.4, -0.2) is 20.6 Å². The summed E-state index contributed by atoms with van der Waals surface area (Å²) >= 11 is 0. The van der Waals surface area contributed by atoms with Crippen molar-refractivity contribution in [3.05, 3.63) is 23.8 Å². The Labute approximate surface area is 95.6 Å². The number of ether oxygens (including phenoxy) is 2.